The van der Waals surface area contributed by atoms with Crippen LogP contribution < -0.4 is 5.01 Å². The number of rotatable bonds is 3. The molecule has 0 N–H and O–H groups in total. The lowest BCUT2D eigenvalue weighted by Crippen LogP contribution is -2.51. The van der Waals surface area contributed by atoms with Gasteiger partial charge in [-0.3, -0.25) is 14.4 Å². The molecule has 0 unspecified atom stereocenters. The number of para-hydroxylation sites is 1. The van der Waals surface area contributed by atoms with E-state index < -0.39 is 11.3 Å². The van der Waals surface area contributed by atoms with Crippen molar-refractivity contribution >= 4 is 23.4 Å². The third kappa shape index (κ3) is 2.59. The highest BCUT2D eigenvalue weighted by molar-refractivity contribution is 6.14. The molecule has 110 valence electrons. The highest BCUT2D eigenvalue weighted by atomic mass is 16.2. The number of hydrazine groups is 1. The molecule has 2 rings (SSSR count). The van der Waals surface area contributed by atoms with Crippen molar-refractivity contribution in [1.82, 2.24) is 5.01 Å². The van der Waals surface area contributed by atoms with Crippen LogP contribution in [-0.2, 0) is 14.4 Å². The number of carbonyl (C=O) groups is 3. The molecule has 3 amide bonds. The van der Waals surface area contributed by atoms with Gasteiger partial charge in [-0.1, -0.05) is 38.6 Å². The molecule has 21 heavy (non-hydrogen) atoms. The van der Waals surface area contributed by atoms with Gasteiger partial charge in [0.15, 0.2) is 0 Å². The van der Waals surface area contributed by atoms with E-state index in [9.17, 15) is 14.4 Å². The summed E-state index contributed by atoms with van der Waals surface area (Å²) in [4.78, 5) is 37.1. The van der Waals surface area contributed by atoms with Crippen molar-refractivity contribution in [2.24, 2.45) is 5.41 Å². The molecule has 1 saturated heterocycles. The zero-order chi connectivity index (χ0) is 15.8. The van der Waals surface area contributed by atoms with Gasteiger partial charge in [0.25, 0.3) is 11.8 Å². The van der Waals surface area contributed by atoms with Gasteiger partial charge in [0.2, 0.25) is 5.91 Å². The molecule has 0 atom stereocenters. The Balaban J connectivity index is 2.51. The van der Waals surface area contributed by atoms with Crippen molar-refractivity contribution in [2.45, 2.75) is 27.2 Å². The number of imide groups is 1. The monoisotopic (exact) mass is 286 g/mol. The highest BCUT2D eigenvalue weighted by Crippen LogP contribution is 2.34. The van der Waals surface area contributed by atoms with Gasteiger partial charge in [-0.15, -0.1) is 0 Å². The predicted octanol–water partition coefficient (Wildman–Crippen LogP) is 2.30. The molecule has 0 aliphatic carbocycles. The molecule has 1 aromatic rings. The second kappa shape index (κ2) is 5.16. The van der Waals surface area contributed by atoms with Crippen LogP contribution in [0.4, 0.5) is 5.69 Å². The summed E-state index contributed by atoms with van der Waals surface area (Å²) in [6, 6.07) is 8.62. The number of hydrogen-bond donors (Lipinski definition) is 0. The average molecular weight is 286 g/mol. The fourth-order valence-electron chi connectivity index (χ4n) is 2.20. The number of nitrogens with zero attached hydrogens (tertiary/aromatic N) is 2. The first-order chi connectivity index (χ1) is 9.75. The Morgan fingerprint density at radius 2 is 1.81 bits per heavy atom. The van der Waals surface area contributed by atoms with Crippen LogP contribution in [0.25, 0.3) is 0 Å². The maximum Gasteiger partial charge on any atom is 0.272 e. The summed E-state index contributed by atoms with van der Waals surface area (Å²) >= 11 is 0. The van der Waals surface area contributed by atoms with E-state index in [-0.39, 0.29) is 23.8 Å². The summed E-state index contributed by atoms with van der Waals surface area (Å²) in [6.45, 7) is 8.56. The summed E-state index contributed by atoms with van der Waals surface area (Å²) in [5, 5.41) is 2.05. The maximum absolute atomic E-state index is 12.5. The number of benzene rings is 1. The molecule has 0 bridgehead atoms. The number of amides is 3. The summed E-state index contributed by atoms with van der Waals surface area (Å²) in [6.07, 6.45) is 0.0820. The summed E-state index contributed by atoms with van der Waals surface area (Å²) in [5.74, 6) is -1.24. The topological polar surface area (TPSA) is 57.7 Å². The lowest BCUT2D eigenvalue weighted by atomic mass is 9.92. The Labute approximate surface area is 123 Å². The van der Waals surface area contributed by atoms with Crippen LogP contribution in [0.5, 0.6) is 0 Å². The molecule has 5 heteroatoms. The number of carbonyl (C=O) groups excluding carboxylic acids is 3. The third-order valence-corrected chi connectivity index (χ3v) is 3.36. The smallest absolute Gasteiger partial charge is 0.272 e. The van der Waals surface area contributed by atoms with Crippen LogP contribution in [-0.4, -0.2) is 22.7 Å². The second-order valence-electron chi connectivity index (χ2n) is 5.80. The Kier molecular flexibility index (Phi) is 3.68. The van der Waals surface area contributed by atoms with Gasteiger partial charge in [-0.05, 0) is 19.1 Å². The lowest BCUT2D eigenvalue weighted by molar-refractivity contribution is -0.144. The zero-order valence-corrected chi connectivity index (χ0v) is 12.4. The van der Waals surface area contributed by atoms with E-state index >= 15 is 0 Å². The quantitative estimate of drug-likeness (QED) is 0.633. The van der Waals surface area contributed by atoms with Gasteiger partial charge >= 0.3 is 0 Å². The van der Waals surface area contributed by atoms with Crippen LogP contribution in [0.15, 0.2) is 42.5 Å². The van der Waals surface area contributed by atoms with Gasteiger partial charge in [-0.2, -0.15) is 5.01 Å². The highest BCUT2D eigenvalue weighted by Gasteiger charge is 2.49. The molecule has 0 aromatic heterocycles. The molecular weight excluding hydrogens is 268 g/mol. The van der Waals surface area contributed by atoms with Crippen molar-refractivity contribution in [2.75, 3.05) is 5.01 Å². The molecule has 1 aliphatic rings. The van der Waals surface area contributed by atoms with E-state index in [0.717, 1.165) is 10.0 Å². The fraction of sp³-hybridized carbons (Fsp3) is 0.312. The van der Waals surface area contributed by atoms with Gasteiger partial charge in [0.1, 0.15) is 0 Å². The van der Waals surface area contributed by atoms with Gasteiger partial charge < -0.3 is 0 Å². The molecule has 1 fully saturated rings. The summed E-state index contributed by atoms with van der Waals surface area (Å²) in [7, 11) is 0. The number of hydrogen-bond acceptors (Lipinski definition) is 3. The Bertz CT molecular complexity index is 620. The zero-order valence-electron chi connectivity index (χ0n) is 12.4. The standard InChI is InChI=1S/C16H18N2O3/c1-11(2)14(20)17(12-8-6-5-7-9-12)18-13(19)10-16(3,4)15(18)21/h5-9H,1,10H2,2-4H3. The lowest BCUT2D eigenvalue weighted by Gasteiger charge is -2.31. The minimum atomic E-state index is -0.806. The number of anilines is 1. The van der Waals surface area contributed by atoms with Gasteiger partial charge in [0.05, 0.1) is 11.1 Å². The van der Waals surface area contributed by atoms with E-state index in [1.54, 1.807) is 51.1 Å². The Morgan fingerprint density at radius 3 is 2.24 bits per heavy atom. The van der Waals surface area contributed by atoms with Crippen LogP contribution in [0.2, 0.25) is 0 Å². The minimum Gasteiger partial charge on any atom is -0.272 e. The van der Waals surface area contributed by atoms with Crippen molar-refractivity contribution < 1.29 is 14.4 Å². The Morgan fingerprint density at radius 1 is 1.24 bits per heavy atom. The average Bonchev–Trinajstić information content (AvgIpc) is 2.62. The largest absolute Gasteiger partial charge is 0.272 e. The molecular formula is C16H18N2O3. The van der Waals surface area contributed by atoms with E-state index in [1.807, 2.05) is 0 Å². The second-order valence-corrected chi connectivity index (χ2v) is 5.80. The molecule has 1 aromatic carbocycles. The van der Waals surface area contributed by atoms with Crippen molar-refractivity contribution in [1.29, 1.82) is 0 Å². The molecule has 5 nitrogen and oxygen atoms in total. The molecule has 0 saturated carbocycles. The van der Waals surface area contributed by atoms with Gasteiger partial charge in [0, 0.05) is 12.0 Å². The van der Waals surface area contributed by atoms with Gasteiger partial charge in [-0.25, -0.2) is 5.01 Å². The molecule has 1 aliphatic heterocycles. The van der Waals surface area contributed by atoms with E-state index in [1.165, 1.54) is 0 Å². The van der Waals surface area contributed by atoms with E-state index in [0.29, 0.717) is 5.69 Å². The van der Waals surface area contributed by atoms with E-state index in [4.69, 9.17) is 0 Å². The molecule has 1 heterocycles. The first-order valence-electron chi connectivity index (χ1n) is 6.68. The van der Waals surface area contributed by atoms with Crippen LogP contribution in [0, 0.1) is 5.41 Å². The fourth-order valence-corrected chi connectivity index (χ4v) is 2.20. The van der Waals surface area contributed by atoms with Crippen molar-refractivity contribution in [3.63, 3.8) is 0 Å². The molecule has 0 radical (unpaired) electrons. The first-order valence-corrected chi connectivity index (χ1v) is 6.68. The minimum absolute atomic E-state index is 0.0820. The summed E-state index contributed by atoms with van der Waals surface area (Å²) < 4.78 is 0. The van der Waals surface area contributed by atoms with Crippen LogP contribution >= 0.6 is 0 Å². The third-order valence-electron chi connectivity index (χ3n) is 3.36. The maximum atomic E-state index is 12.5. The van der Waals surface area contributed by atoms with E-state index in [2.05, 4.69) is 6.58 Å². The normalized spacial score (nSPS) is 17.0. The van der Waals surface area contributed by atoms with Crippen molar-refractivity contribution in [3.8, 4) is 0 Å². The van der Waals surface area contributed by atoms with Crippen LogP contribution in [0.3, 0.4) is 0 Å². The Hall–Kier alpha value is -2.43. The van der Waals surface area contributed by atoms with Crippen molar-refractivity contribution in [3.05, 3.63) is 42.5 Å². The summed E-state index contributed by atoms with van der Waals surface area (Å²) in [5.41, 5.74) is -0.0894. The van der Waals surface area contributed by atoms with Crippen LogP contribution in [0.1, 0.15) is 27.2 Å². The molecule has 0 spiro atoms. The SMILES string of the molecule is C=C(C)C(=O)N(c1ccccc1)N1C(=O)CC(C)(C)C1=O. The predicted molar refractivity (Wildman–Crippen MR) is 79.0 cm³/mol. The first kappa shape index (κ1) is 15.0.